The average Bonchev–Trinajstić information content (AvgIpc) is 2.47. The summed E-state index contributed by atoms with van der Waals surface area (Å²) in [5, 5.41) is 13.8. The van der Waals surface area contributed by atoms with Crippen LogP contribution in [0.2, 0.25) is 0 Å². The minimum absolute atomic E-state index is 0.0124. The van der Waals surface area contributed by atoms with E-state index >= 15 is 0 Å². The van der Waals surface area contributed by atoms with Crippen molar-refractivity contribution in [3.05, 3.63) is 52.3 Å². The summed E-state index contributed by atoms with van der Waals surface area (Å²) in [4.78, 5) is 18.3. The fourth-order valence-corrected chi connectivity index (χ4v) is 1.55. The van der Waals surface area contributed by atoms with Crippen LogP contribution in [-0.4, -0.2) is 20.9 Å². The number of nitrogens with one attached hydrogen (secondary N) is 1. The molecule has 7 nitrogen and oxygen atoms in total. The van der Waals surface area contributed by atoms with Crippen molar-refractivity contribution in [1.29, 1.82) is 0 Å². The van der Waals surface area contributed by atoms with Gasteiger partial charge in [-0.25, -0.2) is 9.97 Å². The summed E-state index contributed by atoms with van der Waals surface area (Å²) in [7, 11) is 0. The Balaban J connectivity index is 1.98. The molecule has 2 aromatic rings. The molecule has 1 N–H and O–H groups in total. The van der Waals surface area contributed by atoms with E-state index in [0.717, 1.165) is 5.56 Å². The van der Waals surface area contributed by atoms with E-state index in [2.05, 4.69) is 29.1 Å². The van der Waals surface area contributed by atoms with Gasteiger partial charge in [0.25, 0.3) is 5.69 Å². The summed E-state index contributed by atoms with van der Waals surface area (Å²) in [6.07, 6.45) is 3.37. The first-order valence-corrected chi connectivity index (χ1v) is 6.51. The Kier molecular flexibility index (Phi) is 4.78. The van der Waals surface area contributed by atoms with Gasteiger partial charge in [0.15, 0.2) is 0 Å². The quantitative estimate of drug-likeness (QED) is 0.649. The van der Waals surface area contributed by atoms with Crippen molar-refractivity contribution in [1.82, 2.24) is 15.3 Å². The number of aromatic nitrogens is 2. The molecule has 0 saturated heterocycles. The summed E-state index contributed by atoms with van der Waals surface area (Å²) < 4.78 is 5.43. The molecule has 0 unspecified atom stereocenters. The fraction of sp³-hybridized carbons (Fsp3) is 0.286. The normalized spacial score (nSPS) is 10.6. The summed E-state index contributed by atoms with van der Waals surface area (Å²) in [5.74, 6) is 0.452. The first kappa shape index (κ1) is 14.9. The fourth-order valence-electron chi connectivity index (χ4n) is 1.55. The van der Waals surface area contributed by atoms with Gasteiger partial charge in [-0.2, -0.15) is 0 Å². The van der Waals surface area contributed by atoms with Gasteiger partial charge >= 0.3 is 6.01 Å². The highest BCUT2D eigenvalue weighted by molar-refractivity contribution is 5.36. The van der Waals surface area contributed by atoms with Crippen molar-refractivity contribution in [2.24, 2.45) is 0 Å². The van der Waals surface area contributed by atoms with Crippen LogP contribution in [0.15, 0.2) is 36.7 Å². The van der Waals surface area contributed by atoms with Crippen molar-refractivity contribution in [3.8, 4) is 11.8 Å². The van der Waals surface area contributed by atoms with Crippen LogP contribution in [0.25, 0.3) is 0 Å². The Morgan fingerprint density at radius 2 is 1.86 bits per heavy atom. The predicted molar refractivity (Wildman–Crippen MR) is 77.2 cm³/mol. The topological polar surface area (TPSA) is 90.2 Å². The molecule has 1 aromatic carbocycles. The van der Waals surface area contributed by atoms with E-state index in [4.69, 9.17) is 4.74 Å². The Bertz CT molecular complexity index is 597. The average molecular weight is 288 g/mol. The molecule has 0 saturated carbocycles. The van der Waals surface area contributed by atoms with Gasteiger partial charge < -0.3 is 10.1 Å². The lowest BCUT2D eigenvalue weighted by atomic mass is 10.3. The highest BCUT2D eigenvalue weighted by Gasteiger charge is 2.06. The standard InChI is InChI=1S/C14H16N4O3/c1-10(2)15-7-11-8-16-14(17-9-11)21-13-5-3-12(4-6-13)18(19)20/h3-6,8-10,15H,7H2,1-2H3. The van der Waals surface area contributed by atoms with Gasteiger partial charge in [-0.05, 0) is 12.1 Å². The van der Waals surface area contributed by atoms with E-state index in [0.29, 0.717) is 18.3 Å². The first-order valence-electron chi connectivity index (χ1n) is 6.51. The minimum atomic E-state index is -0.462. The second kappa shape index (κ2) is 6.76. The monoisotopic (exact) mass is 288 g/mol. The minimum Gasteiger partial charge on any atom is -0.424 e. The van der Waals surface area contributed by atoms with Crippen LogP contribution in [-0.2, 0) is 6.54 Å². The second-order valence-electron chi connectivity index (χ2n) is 4.76. The lowest BCUT2D eigenvalue weighted by Gasteiger charge is -2.08. The first-order chi connectivity index (χ1) is 10.0. The Morgan fingerprint density at radius 1 is 1.24 bits per heavy atom. The number of nitrogens with zero attached hydrogens (tertiary/aromatic N) is 3. The number of benzene rings is 1. The summed E-state index contributed by atoms with van der Waals surface area (Å²) in [6, 6.07) is 6.36. The van der Waals surface area contributed by atoms with E-state index < -0.39 is 4.92 Å². The van der Waals surface area contributed by atoms with E-state index in [1.54, 1.807) is 12.4 Å². The van der Waals surface area contributed by atoms with E-state index in [9.17, 15) is 10.1 Å². The molecule has 110 valence electrons. The molecule has 0 fully saturated rings. The number of ether oxygens (including phenoxy) is 1. The zero-order valence-corrected chi connectivity index (χ0v) is 11.8. The van der Waals surface area contributed by atoms with Gasteiger partial charge in [-0.3, -0.25) is 10.1 Å². The molecule has 0 spiro atoms. The van der Waals surface area contributed by atoms with Crippen molar-refractivity contribution in [2.45, 2.75) is 26.4 Å². The van der Waals surface area contributed by atoms with E-state index in [1.807, 2.05) is 0 Å². The van der Waals surface area contributed by atoms with Crippen LogP contribution in [0.4, 0.5) is 5.69 Å². The smallest absolute Gasteiger partial charge is 0.321 e. The van der Waals surface area contributed by atoms with Gasteiger partial charge in [0.2, 0.25) is 0 Å². The largest absolute Gasteiger partial charge is 0.424 e. The van der Waals surface area contributed by atoms with Crippen molar-refractivity contribution >= 4 is 5.69 Å². The Morgan fingerprint density at radius 3 is 2.38 bits per heavy atom. The number of nitro groups is 1. The molecule has 7 heteroatoms. The molecule has 2 rings (SSSR count). The van der Waals surface area contributed by atoms with Gasteiger partial charge in [0.05, 0.1) is 4.92 Å². The third-order valence-electron chi connectivity index (χ3n) is 2.65. The van der Waals surface area contributed by atoms with Gasteiger partial charge in [0, 0.05) is 42.7 Å². The number of non-ortho nitro benzene ring substituents is 1. The maximum Gasteiger partial charge on any atom is 0.321 e. The third kappa shape index (κ3) is 4.50. The lowest BCUT2D eigenvalue weighted by molar-refractivity contribution is -0.384. The van der Waals surface area contributed by atoms with Crippen LogP contribution in [0.1, 0.15) is 19.4 Å². The number of hydrogen-bond donors (Lipinski definition) is 1. The molecule has 1 aromatic heterocycles. The van der Waals surface area contributed by atoms with Gasteiger partial charge in [-0.15, -0.1) is 0 Å². The van der Waals surface area contributed by atoms with E-state index in [-0.39, 0.29) is 11.7 Å². The van der Waals surface area contributed by atoms with Crippen LogP contribution >= 0.6 is 0 Å². The maximum absolute atomic E-state index is 10.6. The Labute approximate surface area is 122 Å². The Hall–Kier alpha value is -2.54. The zero-order chi connectivity index (χ0) is 15.2. The molecule has 0 aliphatic heterocycles. The van der Waals surface area contributed by atoms with Crippen LogP contribution < -0.4 is 10.1 Å². The molecule has 21 heavy (non-hydrogen) atoms. The summed E-state index contributed by atoms with van der Waals surface area (Å²) in [5.41, 5.74) is 0.970. The molecule has 1 heterocycles. The second-order valence-corrected chi connectivity index (χ2v) is 4.76. The molecule has 0 radical (unpaired) electrons. The molecule has 0 aliphatic rings. The maximum atomic E-state index is 10.6. The van der Waals surface area contributed by atoms with Crippen molar-refractivity contribution < 1.29 is 9.66 Å². The number of nitro benzene ring substituents is 1. The molecular weight excluding hydrogens is 272 g/mol. The zero-order valence-electron chi connectivity index (χ0n) is 11.8. The van der Waals surface area contributed by atoms with Crippen LogP contribution in [0, 0.1) is 10.1 Å². The molecule has 0 bridgehead atoms. The van der Waals surface area contributed by atoms with Crippen molar-refractivity contribution in [2.75, 3.05) is 0 Å². The lowest BCUT2D eigenvalue weighted by Crippen LogP contribution is -2.21. The summed E-state index contributed by atoms with van der Waals surface area (Å²) >= 11 is 0. The number of hydrogen-bond acceptors (Lipinski definition) is 6. The highest BCUT2D eigenvalue weighted by Crippen LogP contribution is 2.21. The van der Waals surface area contributed by atoms with Crippen LogP contribution in [0.3, 0.4) is 0 Å². The van der Waals surface area contributed by atoms with Crippen LogP contribution in [0.5, 0.6) is 11.8 Å². The molecule has 0 atom stereocenters. The third-order valence-corrected chi connectivity index (χ3v) is 2.65. The predicted octanol–water partition coefficient (Wildman–Crippen LogP) is 2.68. The summed E-state index contributed by atoms with van der Waals surface area (Å²) in [6.45, 7) is 4.81. The highest BCUT2D eigenvalue weighted by atomic mass is 16.6. The SMILES string of the molecule is CC(C)NCc1cnc(Oc2ccc([N+](=O)[O-])cc2)nc1. The number of rotatable bonds is 6. The molecule has 0 aliphatic carbocycles. The molecular formula is C14H16N4O3. The molecule has 0 amide bonds. The van der Waals surface area contributed by atoms with E-state index in [1.165, 1.54) is 24.3 Å². The van der Waals surface area contributed by atoms with Crippen molar-refractivity contribution in [3.63, 3.8) is 0 Å². The van der Waals surface area contributed by atoms with Gasteiger partial charge in [-0.1, -0.05) is 13.8 Å². The van der Waals surface area contributed by atoms with Gasteiger partial charge in [0.1, 0.15) is 5.75 Å².